The Hall–Kier alpha value is -1.64. The maximum absolute atomic E-state index is 11.4. The Bertz CT molecular complexity index is 380. The van der Waals surface area contributed by atoms with E-state index in [1.807, 2.05) is 58.9 Å². The average molecular weight is 263 g/mol. The molecule has 0 spiro atoms. The molecular formula is C16H25NO2. The van der Waals surface area contributed by atoms with Crippen molar-refractivity contribution in [3.8, 4) is 0 Å². The summed E-state index contributed by atoms with van der Waals surface area (Å²) in [6.07, 6.45) is 0.732. The van der Waals surface area contributed by atoms with E-state index < -0.39 is 0 Å². The smallest absolute Gasteiger partial charge is 0.229 e. The van der Waals surface area contributed by atoms with Gasteiger partial charge in [0.15, 0.2) is 0 Å². The van der Waals surface area contributed by atoms with Crippen LogP contribution in [0.5, 0.6) is 0 Å². The number of carbonyl (C=O) groups is 2. The molecule has 3 heteroatoms. The number of hydrogen-bond acceptors (Lipinski definition) is 2. The van der Waals surface area contributed by atoms with Crippen LogP contribution in [-0.2, 0) is 16.1 Å². The maximum atomic E-state index is 11.4. The molecule has 1 fully saturated rings. The lowest BCUT2D eigenvalue weighted by molar-refractivity contribution is -0.139. The molecule has 0 atom stereocenters. The largest absolute Gasteiger partial charge is 0.278 e. The maximum Gasteiger partial charge on any atom is 0.229 e. The van der Waals surface area contributed by atoms with Gasteiger partial charge in [-0.1, -0.05) is 57.5 Å². The molecule has 19 heavy (non-hydrogen) atoms. The molecule has 2 amide bonds. The fourth-order valence-electron chi connectivity index (χ4n) is 1.68. The topological polar surface area (TPSA) is 37.4 Å². The molecule has 0 unspecified atom stereocenters. The van der Waals surface area contributed by atoms with Gasteiger partial charge in [-0.25, -0.2) is 0 Å². The van der Waals surface area contributed by atoms with Crippen molar-refractivity contribution < 1.29 is 9.59 Å². The summed E-state index contributed by atoms with van der Waals surface area (Å²) in [5.41, 5.74) is 2.18. The van der Waals surface area contributed by atoms with E-state index in [9.17, 15) is 9.59 Å². The Morgan fingerprint density at radius 2 is 1.32 bits per heavy atom. The van der Waals surface area contributed by atoms with Gasteiger partial charge in [-0.2, -0.15) is 0 Å². The van der Waals surface area contributed by atoms with Crippen molar-refractivity contribution in [3.05, 3.63) is 35.4 Å². The lowest BCUT2D eigenvalue weighted by atomic mass is 10.1. The third kappa shape index (κ3) is 5.25. The van der Waals surface area contributed by atoms with Crippen LogP contribution in [0.3, 0.4) is 0 Å². The highest BCUT2D eigenvalue weighted by atomic mass is 16.2. The van der Waals surface area contributed by atoms with Crippen molar-refractivity contribution in [3.63, 3.8) is 0 Å². The molecule has 2 rings (SSSR count). The standard InChI is InChI=1S/C12H13NO2.2C2H6/c1-9-2-4-10(5-3-9)8-13-11(14)6-7-12(13)15;2*1-2/h2-5H,6-8H2,1H3;2*1-2H3. The molecule has 0 bridgehead atoms. The molecular weight excluding hydrogens is 238 g/mol. The minimum absolute atomic E-state index is 0.0550. The second kappa shape index (κ2) is 9.31. The van der Waals surface area contributed by atoms with Gasteiger partial charge in [-0.15, -0.1) is 0 Å². The Balaban J connectivity index is 0.000000741. The average Bonchev–Trinajstić information content (AvgIpc) is 2.77. The molecule has 0 aromatic heterocycles. The highest BCUT2D eigenvalue weighted by molar-refractivity contribution is 6.01. The van der Waals surface area contributed by atoms with E-state index >= 15 is 0 Å². The predicted molar refractivity (Wildman–Crippen MR) is 78.7 cm³/mol. The Labute approximate surface area is 116 Å². The van der Waals surface area contributed by atoms with Crippen LogP contribution in [0.4, 0.5) is 0 Å². The molecule has 1 aromatic rings. The van der Waals surface area contributed by atoms with Crippen LogP contribution in [-0.4, -0.2) is 16.7 Å². The molecule has 1 aliphatic rings. The first-order chi connectivity index (χ1) is 9.16. The lowest BCUT2D eigenvalue weighted by Gasteiger charge is -2.13. The normalized spacial score (nSPS) is 13.4. The zero-order valence-electron chi connectivity index (χ0n) is 12.7. The fraction of sp³-hybridized carbons (Fsp3) is 0.500. The summed E-state index contributed by atoms with van der Waals surface area (Å²) in [5, 5.41) is 0. The molecule has 106 valence electrons. The van der Waals surface area contributed by atoms with Crippen molar-refractivity contribution in [1.29, 1.82) is 0 Å². The van der Waals surface area contributed by atoms with Crippen LogP contribution >= 0.6 is 0 Å². The number of likely N-dealkylation sites (tertiary alicyclic amines) is 1. The van der Waals surface area contributed by atoms with Gasteiger partial charge in [-0.3, -0.25) is 14.5 Å². The third-order valence-corrected chi connectivity index (χ3v) is 2.62. The SMILES string of the molecule is CC.CC.Cc1ccc(CN2C(=O)CCC2=O)cc1. The van der Waals surface area contributed by atoms with Gasteiger partial charge < -0.3 is 0 Å². The molecule has 0 N–H and O–H groups in total. The van der Waals surface area contributed by atoms with Gasteiger partial charge >= 0.3 is 0 Å². The number of carbonyl (C=O) groups excluding carboxylic acids is 2. The first-order valence-corrected chi connectivity index (χ1v) is 7.05. The highest BCUT2D eigenvalue weighted by Crippen LogP contribution is 2.15. The first kappa shape index (κ1) is 17.4. The molecule has 0 saturated carbocycles. The van der Waals surface area contributed by atoms with Gasteiger partial charge in [0.25, 0.3) is 0 Å². The van der Waals surface area contributed by atoms with Gasteiger partial charge in [0.2, 0.25) is 11.8 Å². The van der Waals surface area contributed by atoms with E-state index in [0.29, 0.717) is 19.4 Å². The third-order valence-electron chi connectivity index (χ3n) is 2.62. The second-order valence-electron chi connectivity index (χ2n) is 3.86. The lowest BCUT2D eigenvalue weighted by Crippen LogP contribution is -2.28. The zero-order chi connectivity index (χ0) is 14.8. The number of nitrogens with zero attached hydrogens (tertiary/aromatic N) is 1. The predicted octanol–water partition coefficient (Wildman–Crippen LogP) is 3.70. The summed E-state index contributed by atoms with van der Waals surface area (Å²) in [4.78, 5) is 24.1. The van der Waals surface area contributed by atoms with Crippen LogP contribution in [0.15, 0.2) is 24.3 Å². The van der Waals surface area contributed by atoms with Crippen LogP contribution in [0.1, 0.15) is 51.7 Å². The van der Waals surface area contributed by atoms with Crippen LogP contribution in [0, 0.1) is 6.92 Å². The van der Waals surface area contributed by atoms with Crippen molar-refractivity contribution in [2.75, 3.05) is 0 Å². The monoisotopic (exact) mass is 263 g/mol. The molecule has 1 aromatic carbocycles. The van der Waals surface area contributed by atoms with Gasteiger partial charge in [0.1, 0.15) is 0 Å². The summed E-state index contributed by atoms with van der Waals surface area (Å²) in [6, 6.07) is 7.88. The molecule has 0 radical (unpaired) electrons. The van der Waals surface area contributed by atoms with E-state index in [0.717, 1.165) is 5.56 Å². The fourth-order valence-corrected chi connectivity index (χ4v) is 1.68. The van der Waals surface area contributed by atoms with E-state index in [4.69, 9.17) is 0 Å². The number of aryl methyl sites for hydroxylation is 1. The van der Waals surface area contributed by atoms with Crippen LogP contribution in [0.25, 0.3) is 0 Å². The summed E-state index contributed by atoms with van der Waals surface area (Å²) in [5.74, 6) is -0.110. The number of amides is 2. The highest BCUT2D eigenvalue weighted by Gasteiger charge is 2.28. The summed E-state index contributed by atoms with van der Waals surface area (Å²) >= 11 is 0. The first-order valence-electron chi connectivity index (χ1n) is 7.05. The number of imide groups is 1. The Morgan fingerprint density at radius 1 is 0.895 bits per heavy atom. The number of benzene rings is 1. The van der Waals surface area contributed by atoms with E-state index in [2.05, 4.69) is 0 Å². The molecule has 0 aliphatic carbocycles. The van der Waals surface area contributed by atoms with Gasteiger partial charge in [0, 0.05) is 12.8 Å². The van der Waals surface area contributed by atoms with Crippen molar-refractivity contribution in [2.24, 2.45) is 0 Å². The summed E-state index contributed by atoms with van der Waals surface area (Å²) in [6.45, 7) is 10.4. The Morgan fingerprint density at radius 3 is 1.74 bits per heavy atom. The molecule has 3 nitrogen and oxygen atoms in total. The number of rotatable bonds is 2. The second-order valence-corrected chi connectivity index (χ2v) is 3.86. The van der Waals surface area contributed by atoms with E-state index in [1.54, 1.807) is 0 Å². The Kier molecular flexibility index (Phi) is 8.51. The van der Waals surface area contributed by atoms with Gasteiger partial charge in [0.05, 0.1) is 6.54 Å². The molecule has 1 aliphatic heterocycles. The minimum Gasteiger partial charge on any atom is -0.278 e. The van der Waals surface area contributed by atoms with Crippen LogP contribution < -0.4 is 0 Å². The van der Waals surface area contributed by atoms with Crippen molar-refractivity contribution >= 4 is 11.8 Å². The molecule has 1 heterocycles. The van der Waals surface area contributed by atoms with Crippen molar-refractivity contribution in [2.45, 2.75) is 54.0 Å². The van der Waals surface area contributed by atoms with E-state index in [1.165, 1.54) is 10.5 Å². The summed E-state index contributed by atoms with van der Waals surface area (Å²) < 4.78 is 0. The number of hydrogen-bond donors (Lipinski definition) is 0. The van der Waals surface area contributed by atoms with Crippen molar-refractivity contribution in [1.82, 2.24) is 4.90 Å². The van der Waals surface area contributed by atoms with Crippen LogP contribution in [0.2, 0.25) is 0 Å². The zero-order valence-corrected chi connectivity index (χ0v) is 12.7. The minimum atomic E-state index is -0.0550. The van der Waals surface area contributed by atoms with Gasteiger partial charge in [-0.05, 0) is 12.5 Å². The quantitative estimate of drug-likeness (QED) is 0.763. The summed E-state index contributed by atoms with van der Waals surface area (Å²) in [7, 11) is 0. The molecule has 1 saturated heterocycles. The van der Waals surface area contributed by atoms with E-state index in [-0.39, 0.29) is 11.8 Å².